The van der Waals surface area contributed by atoms with E-state index in [9.17, 15) is 0 Å². The number of halogens is 2. The largest absolute Gasteiger partial charge is 0.127 e. The van der Waals surface area contributed by atoms with E-state index in [-0.39, 0.29) is 5.38 Å². The standard InChI is InChI=1S/C12H10Cl2S/c1-8-4-2-3-5-9(8)12(14)10-6-7-11(13)15-10/h2-7,12H,1H3. The Morgan fingerprint density at radius 3 is 2.47 bits per heavy atom. The predicted octanol–water partition coefficient (Wildman–Crippen LogP) is 5.04. The van der Waals surface area contributed by atoms with Gasteiger partial charge in [-0.15, -0.1) is 22.9 Å². The minimum absolute atomic E-state index is 0.0938. The van der Waals surface area contributed by atoms with Gasteiger partial charge >= 0.3 is 0 Å². The van der Waals surface area contributed by atoms with Crippen LogP contribution in [0.1, 0.15) is 21.4 Å². The molecule has 1 atom stereocenters. The summed E-state index contributed by atoms with van der Waals surface area (Å²) in [5.74, 6) is 0. The zero-order chi connectivity index (χ0) is 10.8. The molecule has 2 rings (SSSR count). The fourth-order valence-corrected chi connectivity index (χ4v) is 3.00. The van der Waals surface area contributed by atoms with Crippen LogP contribution in [-0.4, -0.2) is 0 Å². The number of rotatable bonds is 2. The van der Waals surface area contributed by atoms with Crippen LogP contribution in [0.5, 0.6) is 0 Å². The number of thiophene rings is 1. The summed E-state index contributed by atoms with van der Waals surface area (Å²) < 4.78 is 0.782. The van der Waals surface area contributed by atoms with Crippen molar-refractivity contribution in [2.24, 2.45) is 0 Å². The third-order valence-electron chi connectivity index (χ3n) is 2.31. The SMILES string of the molecule is Cc1ccccc1C(Cl)c1ccc(Cl)s1. The molecule has 0 nitrogen and oxygen atoms in total. The van der Waals surface area contributed by atoms with Crippen LogP contribution in [0.2, 0.25) is 4.34 Å². The second kappa shape index (κ2) is 4.56. The highest BCUT2D eigenvalue weighted by Crippen LogP contribution is 2.36. The number of aryl methyl sites for hydroxylation is 1. The van der Waals surface area contributed by atoms with Crippen LogP contribution in [-0.2, 0) is 0 Å². The summed E-state index contributed by atoms with van der Waals surface area (Å²) in [6.45, 7) is 2.07. The van der Waals surface area contributed by atoms with Crippen molar-refractivity contribution >= 4 is 34.5 Å². The van der Waals surface area contributed by atoms with Crippen molar-refractivity contribution in [1.29, 1.82) is 0 Å². The van der Waals surface area contributed by atoms with Gasteiger partial charge in [0, 0.05) is 4.88 Å². The molecule has 0 N–H and O–H groups in total. The number of benzene rings is 1. The first-order chi connectivity index (χ1) is 7.18. The molecule has 15 heavy (non-hydrogen) atoms. The molecule has 0 aliphatic rings. The molecule has 0 saturated heterocycles. The molecule has 2 aromatic rings. The number of alkyl halides is 1. The first kappa shape index (κ1) is 11.0. The van der Waals surface area contributed by atoms with Gasteiger partial charge in [-0.3, -0.25) is 0 Å². The molecular formula is C12H10Cl2S. The van der Waals surface area contributed by atoms with E-state index in [1.165, 1.54) is 16.9 Å². The van der Waals surface area contributed by atoms with Crippen molar-refractivity contribution in [3.05, 3.63) is 56.7 Å². The lowest BCUT2D eigenvalue weighted by atomic mass is 10.0. The maximum absolute atomic E-state index is 6.40. The van der Waals surface area contributed by atoms with Gasteiger partial charge in [0.05, 0.1) is 9.71 Å². The van der Waals surface area contributed by atoms with E-state index in [0.29, 0.717) is 0 Å². The van der Waals surface area contributed by atoms with Crippen molar-refractivity contribution in [2.75, 3.05) is 0 Å². The Labute approximate surface area is 103 Å². The molecule has 1 aromatic heterocycles. The van der Waals surface area contributed by atoms with E-state index in [2.05, 4.69) is 19.1 Å². The van der Waals surface area contributed by atoms with Crippen LogP contribution >= 0.6 is 34.5 Å². The monoisotopic (exact) mass is 256 g/mol. The fourth-order valence-electron chi connectivity index (χ4n) is 1.49. The maximum Gasteiger partial charge on any atom is 0.0931 e. The highest BCUT2D eigenvalue weighted by atomic mass is 35.5. The Morgan fingerprint density at radius 1 is 1.13 bits per heavy atom. The average Bonchev–Trinajstić information content (AvgIpc) is 2.65. The molecule has 0 saturated carbocycles. The van der Waals surface area contributed by atoms with E-state index >= 15 is 0 Å². The molecule has 0 bridgehead atoms. The van der Waals surface area contributed by atoms with Gasteiger partial charge in [-0.05, 0) is 30.2 Å². The highest BCUT2D eigenvalue weighted by molar-refractivity contribution is 7.16. The lowest BCUT2D eigenvalue weighted by molar-refractivity contribution is 1.15. The van der Waals surface area contributed by atoms with Gasteiger partial charge in [-0.1, -0.05) is 35.9 Å². The molecule has 0 aliphatic heterocycles. The quantitative estimate of drug-likeness (QED) is 0.661. The van der Waals surface area contributed by atoms with Gasteiger partial charge in [-0.25, -0.2) is 0 Å². The van der Waals surface area contributed by atoms with Gasteiger partial charge in [0.1, 0.15) is 0 Å². The third-order valence-corrected chi connectivity index (χ3v) is 4.20. The van der Waals surface area contributed by atoms with E-state index in [0.717, 1.165) is 14.8 Å². The number of hydrogen-bond acceptors (Lipinski definition) is 1. The van der Waals surface area contributed by atoms with Crippen LogP contribution < -0.4 is 0 Å². The zero-order valence-electron chi connectivity index (χ0n) is 8.21. The molecule has 0 amide bonds. The molecule has 0 spiro atoms. The second-order valence-electron chi connectivity index (χ2n) is 3.36. The van der Waals surface area contributed by atoms with Crippen LogP contribution in [0.4, 0.5) is 0 Å². The smallest absolute Gasteiger partial charge is 0.0931 e. The molecule has 1 heterocycles. The molecule has 0 radical (unpaired) electrons. The summed E-state index contributed by atoms with van der Waals surface area (Å²) in [4.78, 5) is 1.09. The second-order valence-corrected chi connectivity index (χ2v) is 5.54. The predicted molar refractivity (Wildman–Crippen MR) is 68.2 cm³/mol. The van der Waals surface area contributed by atoms with E-state index in [4.69, 9.17) is 23.2 Å². The summed E-state index contributed by atoms with van der Waals surface area (Å²) in [6.07, 6.45) is 0. The molecule has 0 aliphatic carbocycles. The van der Waals surface area contributed by atoms with E-state index in [1.807, 2.05) is 24.3 Å². The molecule has 1 unspecified atom stereocenters. The normalized spacial score (nSPS) is 12.7. The molecule has 1 aromatic carbocycles. The van der Waals surface area contributed by atoms with Gasteiger partial charge in [0.25, 0.3) is 0 Å². The molecular weight excluding hydrogens is 247 g/mol. The Kier molecular flexibility index (Phi) is 3.35. The lowest BCUT2D eigenvalue weighted by Crippen LogP contribution is -1.92. The van der Waals surface area contributed by atoms with Gasteiger partial charge < -0.3 is 0 Å². The summed E-state index contributed by atoms with van der Waals surface area (Å²) in [5, 5.41) is -0.0938. The first-order valence-electron chi connectivity index (χ1n) is 4.63. The minimum Gasteiger partial charge on any atom is -0.127 e. The van der Waals surface area contributed by atoms with Crippen LogP contribution in [0.3, 0.4) is 0 Å². The van der Waals surface area contributed by atoms with Crippen LogP contribution in [0, 0.1) is 6.92 Å². The first-order valence-corrected chi connectivity index (χ1v) is 6.26. The number of hydrogen-bond donors (Lipinski definition) is 0. The topological polar surface area (TPSA) is 0 Å². The van der Waals surface area contributed by atoms with Crippen molar-refractivity contribution in [1.82, 2.24) is 0 Å². The fraction of sp³-hybridized carbons (Fsp3) is 0.167. The highest BCUT2D eigenvalue weighted by Gasteiger charge is 2.14. The van der Waals surface area contributed by atoms with E-state index < -0.39 is 0 Å². The van der Waals surface area contributed by atoms with Crippen LogP contribution in [0.15, 0.2) is 36.4 Å². The van der Waals surface area contributed by atoms with Crippen molar-refractivity contribution in [3.63, 3.8) is 0 Å². The van der Waals surface area contributed by atoms with Gasteiger partial charge in [-0.2, -0.15) is 0 Å². The average molecular weight is 257 g/mol. The van der Waals surface area contributed by atoms with Gasteiger partial charge in [0.15, 0.2) is 0 Å². The Hall–Kier alpha value is -0.500. The van der Waals surface area contributed by atoms with Gasteiger partial charge in [0.2, 0.25) is 0 Å². The summed E-state index contributed by atoms with van der Waals surface area (Å²) >= 11 is 13.8. The Balaban J connectivity index is 2.36. The van der Waals surface area contributed by atoms with E-state index in [1.54, 1.807) is 0 Å². The van der Waals surface area contributed by atoms with Crippen molar-refractivity contribution in [3.8, 4) is 0 Å². The summed E-state index contributed by atoms with van der Waals surface area (Å²) in [6, 6.07) is 12.0. The van der Waals surface area contributed by atoms with Crippen molar-refractivity contribution in [2.45, 2.75) is 12.3 Å². The van der Waals surface area contributed by atoms with Crippen molar-refractivity contribution < 1.29 is 0 Å². The summed E-state index contributed by atoms with van der Waals surface area (Å²) in [5.41, 5.74) is 2.36. The Morgan fingerprint density at radius 2 is 1.87 bits per heavy atom. The lowest BCUT2D eigenvalue weighted by Gasteiger charge is -2.10. The summed E-state index contributed by atoms with van der Waals surface area (Å²) in [7, 11) is 0. The Bertz CT molecular complexity index is 462. The minimum atomic E-state index is -0.0938. The van der Waals surface area contributed by atoms with Crippen LogP contribution in [0.25, 0.3) is 0 Å². The molecule has 0 fully saturated rings. The maximum atomic E-state index is 6.40. The zero-order valence-corrected chi connectivity index (χ0v) is 10.5. The molecule has 3 heteroatoms. The third kappa shape index (κ3) is 2.36. The molecule has 78 valence electrons.